The number of amides is 3. The van der Waals surface area contributed by atoms with Gasteiger partial charge in [-0.1, -0.05) is 24.3 Å². The zero-order chi connectivity index (χ0) is 25.8. The Morgan fingerprint density at radius 1 is 0.914 bits per heavy atom. The maximum Gasteiger partial charge on any atom is 0.416 e. The Kier molecular flexibility index (Phi) is 7.50. The number of methoxy groups -OCH3 is 1. The predicted molar refractivity (Wildman–Crippen MR) is 124 cm³/mol. The molecule has 0 heterocycles. The number of anilines is 3. The lowest BCUT2D eigenvalue weighted by Crippen LogP contribution is -2.27. The number of urea groups is 1. The van der Waals surface area contributed by atoms with Gasteiger partial charge < -0.3 is 15.2 Å². The number of nitrogens with one attached hydrogen (secondary N) is 2. The van der Waals surface area contributed by atoms with E-state index in [4.69, 9.17) is 16.5 Å². The molecule has 0 saturated heterocycles. The number of alkyl halides is 3. The molecule has 3 N–H and O–H groups in total. The highest BCUT2D eigenvalue weighted by molar-refractivity contribution is 6.38. The number of esters is 1. The minimum Gasteiger partial charge on any atom is -0.465 e. The minimum atomic E-state index is -4.64. The third kappa shape index (κ3) is 6.21. The zero-order valence-electron chi connectivity index (χ0n) is 17.9. The lowest BCUT2D eigenvalue weighted by molar-refractivity contribution is -0.137. The van der Waals surface area contributed by atoms with Crippen molar-refractivity contribution in [1.29, 1.82) is 0 Å². The van der Waals surface area contributed by atoms with Gasteiger partial charge in [-0.3, -0.25) is 5.32 Å². The SMILES string of the molecule is COC(=O)c1cccc(-c2ccc(NC(=O)N(Cl)c3cccc(C(F)(F)F)c3)c(NC(=O)O)c2)c1. The third-order valence-corrected chi connectivity index (χ3v) is 5.05. The van der Waals surface area contributed by atoms with Crippen LogP contribution in [0, 0.1) is 0 Å². The van der Waals surface area contributed by atoms with Gasteiger partial charge in [-0.2, -0.15) is 13.2 Å². The van der Waals surface area contributed by atoms with Crippen LogP contribution < -0.4 is 15.1 Å². The second-order valence-corrected chi connectivity index (χ2v) is 7.36. The molecule has 12 heteroatoms. The highest BCUT2D eigenvalue weighted by atomic mass is 35.5. The van der Waals surface area contributed by atoms with E-state index in [0.29, 0.717) is 21.6 Å². The summed E-state index contributed by atoms with van der Waals surface area (Å²) < 4.78 is 44.0. The number of halogens is 4. The summed E-state index contributed by atoms with van der Waals surface area (Å²) in [6, 6.07) is 13.5. The van der Waals surface area contributed by atoms with Crippen molar-refractivity contribution in [2.45, 2.75) is 6.18 Å². The molecule has 182 valence electrons. The van der Waals surface area contributed by atoms with Gasteiger partial charge >= 0.3 is 24.3 Å². The van der Waals surface area contributed by atoms with Crippen molar-refractivity contribution in [2.75, 3.05) is 22.2 Å². The molecule has 0 aromatic heterocycles. The molecule has 0 saturated carbocycles. The fourth-order valence-electron chi connectivity index (χ4n) is 3.08. The smallest absolute Gasteiger partial charge is 0.416 e. The van der Waals surface area contributed by atoms with E-state index in [1.54, 1.807) is 24.3 Å². The summed E-state index contributed by atoms with van der Waals surface area (Å²) >= 11 is 5.95. The number of benzene rings is 3. The first-order valence-corrected chi connectivity index (χ1v) is 10.1. The van der Waals surface area contributed by atoms with Crippen LogP contribution >= 0.6 is 11.8 Å². The van der Waals surface area contributed by atoms with Crippen molar-refractivity contribution in [3.8, 4) is 11.1 Å². The molecule has 0 unspecified atom stereocenters. The van der Waals surface area contributed by atoms with E-state index in [9.17, 15) is 32.7 Å². The van der Waals surface area contributed by atoms with Gasteiger partial charge in [0.05, 0.1) is 35.3 Å². The minimum absolute atomic E-state index is 0.0112. The Labute approximate surface area is 202 Å². The van der Waals surface area contributed by atoms with Crippen LogP contribution in [-0.2, 0) is 10.9 Å². The highest BCUT2D eigenvalue weighted by Crippen LogP contribution is 2.33. The van der Waals surface area contributed by atoms with Gasteiger partial charge in [0.2, 0.25) is 0 Å². The molecule has 0 aliphatic carbocycles. The zero-order valence-corrected chi connectivity index (χ0v) is 18.6. The fraction of sp³-hybridized carbons (Fsp3) is 0.0870. The van der Waals surface area contributed by atoms with Crippen LogP contribution in [0.5, 0.6) is 0 Å². The van der Waals surface area contributed by atoms with Crippen LogP contribution in [0.3, 0.4) is 0 Å². The number of hydrogen-bond acceptors (Lipinski definition) is 4. The summed E-state index contributed by atoms with van der Waals surface area (Å²) in [5, 5.41) is 13.7. The van der Waals surface area contributed by atoms with Gasteiger partial charge in [-0.25, -0.2) is 18.8 Å². The first kappa shape index (κ1) is 25.4. The molecule has 3 aromatic carbocycles. The molecule has 0 atom stereocenters. The number of ether oxygens (including phenoxy) is 1. The summed E-state index contributed by atoms with van der Waals surface area (Å²) in [6.45, 7) is 0. The van der Waals surface area contributed by atoms with Crippen molar-refractivity contribution in [1.82, 2.24) is 0 Å². The van der Waals surface area contributed by atoms with Crippen molar-refractivity contribution >= 4 is 46.9 Å². The number of hydrogen-bond donors (Lipinski definition) is 3. The molecule has 0 radical (unpaired) electrons. The third-order valence-electron chi connectivity index (χ3n) is 4.70. The quantitative estimate of drug-likeness (QED) is 0.272. The second kappa shape index (κ2) is 10.3. The van der Waals surface area contributed by atoms with E-state index in [1.807, 2.05) is 0 Å². The maximum absolute atomic E-state index is 13.0. The number of carboxylic acid groups (broad SMARTS) is 1. The van der Waals surface area contributed by atoms with E-state index in [-0.39, 0.29) is 22.6 Å². The van der Waals surface area contributed by atoms with E-state index < -0.39 is 29.8 Å². The van der Waals surface area contributed by atoms with Crippen molar-refractivity contribution in [2.24, 2.45) is 0 Å². The molecular formula is C23H17ClF3N3O5. The van der Waals surface area contributed by atoms with Gasteiger partial charge in [0, 0.05) is 11.8 Å². The Hall–Kier alpha value is -4.25. The molecule has 0 aliphatic heterocycles. The molecule has 0 fully saturated rings. The predicted octanol–water partition coefficient (Wildman–Crippen LogP) is 6.44. The average molecular weight is 508 g/mol. The van der Waals surface area contributed by atoms with Crippen LogP contribution in [0.15, 0.2) is 66.7 Å². The Bertz CT molecular complexity index is 1280. The largest absolute Gasteiger partial charge is 0.465 e. The van der Waals surface area contributed by atoms with Gasteiger partial charge in [-0.05, 0) is 53.6 Å². The van der Waals surface area contributed by atoms with E-state index in [2.05, 4.69) is 10.6 Å². The summed E-state index contributed by atoms with van der Waals surface area (Å²) in [5.41, 5.74) is 0.0290. The number of nitrogens with zero attached hydrogens (tertiary/aromatic N) is 1. The van der Waals surface area contributed by atoms with Gasteiger partial charge in [0.15, 0.2) is 0 Å². The lowest BCUT2D eigenvalue weighted by atomic mass is 10.0. The standard InChI is InChI=1S/C23H17ClF3N3O5/c1-35-20(31)15-5-2-4-13(10-15)14-8-9-18(19(11-14)29-22(33)34)28-21(32)30(24)17-7-3-6-16(12-17)23(25,26)27/h2-12,29H,1H3,(H,28,32)(H,33,34). The number of rotatable bonds is 5. The molecule has 8 nitrogen and oxygen atoms in total. The Morgan fingerprint density at radius 3 is 2.26 bits per heavy atom. The first-order chi connectivity index (χ1) is 16.5. The Balaban J connectivity index is 1.90. The van der Waals surface area contributed by atoms with Crippen molar-refractivity contribution in [3.63, 3.8) is 0 Å². The number of carbonyl (C=O) groups is 3. The summed E-state index contributed by atoms with van der Waals surface area (Å²) in [7, 11) is 1.24. The molecule has 3 aromatic rings. The molecule has 0 spiro atoms. The summed E-state index contributed by atoms with van der Waals surface area (Å²) in [5.74, 6) is -0.559. The lowest BCUT2D eigenvalue weighted by Gasteiger charge is -2.18. The molecular weight excluding hydrogens is 491 g/mol. The van der Waals surface area contributed by atoms with Gasteiger partial charge in [0.1, 0.15) is 0 Å². The maximum atomic E-state index is 13.0. The molecule has 0 aliphatic rings. The first-order valence-electron chi connectivity index (χ1n) is 9.76. The van der Waals surface area contributed by atoms with Crippen LogP contribution in [0.4, 0.5) is 39.8 Å². The second-order valence-electron chi connectivity index (χ2n) is 7.02. The average Bonchev–Trinajstić information content (AvgIpc) is 2.83. The molecule has 3 rings (SSSR count). The van der Waals surface area contributed by atoms with Crippen LogP contribution in [-0.4, -0.2) is 30.3 Å². The van der Waals surface area contributed by atoms with Crippen LogP contribution in [0.1, 0.15) is 15.9 Å². The molecule has 0 bridgehead atoms. The van der Waals surface area contributed by atoms with Crippen LogP contribution in [0.2, 0.25) is 0 Å². The van der Waals surface area contributed by atoms with Gasteiger partial charge in [-0.15, -0.1) is 0 Å². The monoisotopic (exact) mass is 507 g/mol. The fourth-order valence-corrected chi connectivity index (χ4v) is 3.23. The van der Waals surface area contributed by atoms with Crippen molar-refractivity contribution < 1.29 is 37.4 Å². The topological polar surface area (TPSA) is 108 Å². The molecule has 35 heavy (non-hydrogen) atoms. The van der Waals surface area contributed by atoms with E-state index >= 15 is 0 Å². The van der Waals surface area contributed by atoms with E-state index in [0.717, 1.165) is 12.1 Å². The van der Waals surface area contributed by atoms with Crippen LogP contribution in [0.25, 0.3) is 11.1 Å². The molecule has 3 amide bonds. The summed E-state index contributed by atoms with van der Waals surface area (Å²) in [6.07, 6.45) is -6.06. The number of carbonyl (C=O) groups excluding carboxylic acids is 2. The van der Waals surface area contributed by atoms with E-state index in [1.165, 1.54) is 31.4 Å². The van der Waals surface area contributed by atoms with Gasteiger partial charge in [0.25, 0.3) is 0 Å². The normalized spacial score (nSPS) is 10.9. The highest BCUT2D eigenvalue weighted by Gasteiger charge is 2.31. The Morgan fingerprint density at radius 2 is 1.60 bits per heavy atom. The summed E-state index contributed by atoms with van der Waals surface area (Å²) in [4.78, 5) is 35.7. The van der Waals surface area contributed by atoms with Crippen molar-refractivity contribution in [3.05, 3.63) is 77.9 Å².